The van der Waals surface area contributed by atoms with Crippen LogP contribution < -0.4 is 4.90 Å². The van der Waals surface area contributed by atoms with Gasteiger partial charge in [0, 0.05) is 13.1 Å². The van der Waals surface area contributed by atoms with Gasteiger partial charge in [-0.15, -0.1) is 11.6 Å². The first kappa shape index (κ1) is 13.2. The van der Waals surface area contributed by atoms with Crippen molar-refractivity contribution in [3.63, 3.8) is 0 Å². The molecule has 1 unspecified atom stereocenters. The minimum absolute atomic E-state index is 0.210. The highest BCUT2D eigenvalue weighted by atomic mass is 35.5. The number of halogens is 1. The molecule has 3 nitrogen and oxygen atoms in total. The van der Waals surface area contributed by atoms with E-state index in [4.69, 9.17) is 11.6 Å². The standard InChI is InChI=1S/C12H20ClN3/c1-9(12(2,3)4)16(5)11-8-14-10(6-13)7-15-11/h7-9H,6H2,1-5H3. The summed E-state index contributed by atoms with van der Waals surface area (Å²) >= 11 is 5.68. The fourth-order valence-corrected chi connectivity index (χ4v) is 1.52. The molecule has 1 aromatic heterocycles. The zero-order valence-electron chi connectivity index (χ0n) is 10.7. The van der Waals surface area contributed by atoms with E-state index in [9.17, 15) is 0 Å². The number of hydrogen-bond acceptors (Lipinski definition) is 3. The maximum Gasteiger partial charge on any atom is 0.147 e. The second-order valence-electron chi connectivity index (χ2n) is 5.15. The third-order valence-corrected chi connectivity index (χ3v) is 3.30. The summed E-state index contributed by atoms with van der Waals surface area (Å²) in [5.41, 5.74) is 1.02. The number of nitrogens with zero attached hydrogens (tertiary/aromatic N) is 3. The molecule has 0 fully saturated rings. The van der Waals surface area contributed by atoms with Crippen LogP contribution in [0.4, 0.5) is 5.82 Å². The number of rotatable bonds is 3. The van der Waals surface area contributed by atoms with Crippen molar-refractivity contribution in [2.24, 2.45) is 5.41 Å². The van der Waals surface area contributed by atoms with Crippen molar-refractivity contribution in [1.82, 2.24) is 9.97 Å². The lowest BCUT2D eigenvalue weighted by molar-refractivity contribution is 0.328. The molecule has 0 aromatic carbocycles. The molecule has 0 N–H and O–H groups in total. The SMILES string of the molecule is CC(N(C)c1cnc(CCl)cn1)C(C)(C)C. The van der Waals surface area contributed by atoms with Crippen molar-refractivity contribution < 1.29 is 0 Å². The summed E-state index contributed by atoms with van der Waals surface area (Å²) in [7, 11) is 2.04. The van der Waals surface area contributed by atoms with Gasteiger partial charge in [-0.1, -0.05) is 20.8 Å². The molecule has 0 saturated carbocycles. The zero-order valence-corrected chi connectivity index (χ0v) is 11.4. The van der Waals surface area contributed by atoms with Gasteiger partial charge >= 0.3 is 0 Å². The Labute approximate surface area is 103 Å². The Morgan fingerprint density at radius 3 is 2.31 bits per heavy atom. The first-order chi connectivity index (χ1) is 7.36. The van der Waals surface area contributed by atoms with Gasteiger partial charge in [-0.2, -0.15) is 0 Å². The van der Waals surface area contributed by atoms with Crippen LogP contribution in [-0.4, -0.2) is 23.1 Å². The Bertz CT molecular complexity index is 329. The van der Waals surface area contributed by atoms with Crippen molar-refractivity contribution in [2.75, 3.05) is 11.9 Å². The summed E-state index contributed by atoms with van der Waals surface area (Å²) in [6.07, 6.45) is 3.51. The van der Waals surface area contributed by atoms with Crippen LogP contribution in [0, 0.1) is 5.41 Å². The van der Waals surface area contributed by atoms with E-state index in [-0.39, 0.29) is 5.41 Å². The van der Waals surface area contributed by atoms with Crippen molar-refractivity contribution in [1.29, 1.82) is 0 Å². The molecule has 0 amide bonds. The second kappa shape index (κ2) is 5.00. The summed E-state index contributed by atoms with van der Waals surface area (Å²) in [5.74, 6) is 1.29. The monoisotopic (exact) mass is 241 g/mol. The van der Waals surface area contributed by atoms with Gasteiger partial charge in [0.2, 0.25) is 0 Å². The molecule has 0 saturated heterocycles. The third kappa shape index (κ3) is 3.08. The van der Waals surface area contributed by atoms with E-state index in [1.54, 1.807) is 12.4 Å². The van der Waals surface area contributed by atoms with E-state index in [0.29, 0.717) is 11.9 Å². The summed E-state index contributed by atoms with van der Waals surface area (Å²) in [6.45, 7) is 8.84. The van der Waals surface area contributed by atoms with Crippen LogP contribution in [0.15, 0.2) is 12.4 Å². The molecule has 16 heavy (non-hydrogen) atoms. The van der Waals surface area contributed by atoms with Crippen LogP contribution in [0.2, 0.25) is 0 Å². The lowest BCUT2D eigenvalue weighted by Gasteiger charge is -2.35. The molecule has 1 heterocycles. The minimum atomic E-state index is 0.210. The minimum Gasteiger partial charge on any atom is -0.355 e. The predicted octanol–water partition coefficient (Wildman–Crippen LogP) is 3.09. The molecule has 0 spiro atoms. The van der Waals surface area contributed by atoms with E-state index in [0.717, 1.165) is 11.5 Å². The van der Waals surface area contributed by atoms with Gasteiger partial charge < -0.3 is 4.90 Å². The van der Waals surface area contributed by atoms with Crippen LogP contribution in [0.25, 0.3) is 0 Å². The Hall–Kier alpha value is -0.830. The predicted molar refractivity (Wildman–Crippen MR) is 68.9 cm³/mol. The average molecular weight is 242 g/mol. The van der Waals surface area contributed by atoms with Gasteiger partial charge in [0.15, 0.2) is 0 Å². The van der Waals surface area contributed by atoms with Crippen LogP contribution in [-0.2, 0) is 5.88 Å². The van der Waals surface area contributed by atoms with Crippen LogP contribution in [0.5, 0.6) is 0 Å². The molecule has 90 valence electrons. The molecule has 0 radical (unpaired) electrons. The van der Waals surface area contributed by atoms with E-state index < -0.39 is 0 Å². The van der Waals surface area contributed by atoms with Crippen LogP contribution in [0.3, 0.4) is 0 Å². The van der Waals surface area contributed by atoms with Gasteiger partial charge in [-0.25, -0.2) is 4.98 Å². The highest BCUT2D eigenvalue weighted by Gasteiger charge is 2.24. The molecular formula is C12H20ClN3. The molecule has 0 bridgehead atoms. The summed E-state index contributed by atoms with van der Waals surface area (Å²) in [4.78, 5) is 10.8. The highest BCUT2D eigenvalue weighted by molar-refractivity contribution is 6.16. The quantitative estimate of drug-likeness (QED) is 0.762. The maximum absolute atomic E-state index is 5.68. The normalized spacial score (nSPS) is 13.6. The molecule has 1 atom stereocenters. The van der Waals surface area contributed by atoms with E-state index in [1.807, 2.05) is 7.05 Å². The Morgan fingerprint density at radius 1 is 1.31 bits per heavy atom. The number of aromatic nitrogens is 2. The van der Waals surface area contributed by atoms with Gasteiger partial charge in [0.1, 0.15) is 5.82 Å². The Kier molecular flexibility index (Phi) is 4.14. The van der Waals surface area contributed by atoms with Gasteiger partial charge in [-0.05, 0) is 12.3 Å². The van der Waals surface area contributed by atoms with Gasteiger partial charge in [0.25, 0.3) is 0 Å². The average Bonchev–Trinajstić information content (AvgIpc) is 2.26. The molecule has 1 rings (SSSR count). The molecule has 0 aliphatic heterocycles. The Morgan fingerprint density at radius 2 is 1.94 bits per heavy atom. The second-order valence-corrected chi connectivity index (χ2v) is 5.42. The van der Waals surface area contributed by atoms with Crippen LogP contribution in [0.1, 0.15) is 33.4 Å². The fourth-order valence-electron chi connectivity index (χ4n) is 1.38. The molecule has 0 aliphatic carbocycles. The van der Waals surface area contributed by atoms with E-state index >= 15 is 0 Å². The third-order valence-electron chi connectivity index (χ3n) is 3.02. The summed E-state index contributed by atoms with van der Waals surface area (Å²) in [6, 6.07) is 0.392. The Balaban J connectivity index is 2.84. The first-order valence-corrected chi connectivity index (χ1v) is 5.99. The lowest BCUT2D eigenvalue weighted by atomic mass is 9.87. The zero-order chi connectivity index (χ0) is 12.3. The summed E-state index contributed by atoms with van der Waals surface area (Å²) < 4.78 is 0. The molecular weight excluding hydrogens is 222 g/mol. The van der Waals surface area contributed by atoms with Gasteiger partial charge in [0.05, 0.1) is 24.0 Å². The van der Waals surface area contributed by atoms with Gasteiger partial charge in [-0.3, -0.25) is 4.98 Å². The van der Waals surface area contributed by atoms with E-state index in [1.165, 1.54) is 0 Å². The van der Waals surface area contributed by atoms with Crippen molar-refractivity contribution in [3.8, 4) is 0 Å². The molecule has 1 aromatic rings. The topological polar surface area (TPSA) is 29.0 Å². The maximum atomic E-state index is 5.68. The number of alkyl halides is 1. The number of anilines is 1. The number of hydrogen-bond donors (Lipinski definition) is 0. The molecule has 4 heteroatoms. The summed E-state index contributed by atoms with van der Waals surface area (Å²) in [5, 5.41) is 0. The molecule has 0 aliphatic rings. The smallest absolute Gasteiger partial charge is 0.147 e. The van der Waals surface area contributed by atoms with Crippen molar-refractivity contribution in [3.05, 3.63) is 18.1 Å². The highest BCUT2D eigenvalue weighted by Crippen LogP contribution is 2.25. The van der Waals surface area contributed by atoms with Crippen molar-refractivity contribution in [2.45, 2.75) is 39.6 Å². The fraction of sp³-hybridized carbons (Fsp3) is 0.667. The lowest BCUT2D eigenvalue weighted by Crippen LogP contribution is -2.39. The van der Waals surface area contributed by atoms with Crippen molar-refractivity contribution >= 4 is 17.4 Å². The largest absolute Gasteiger partial charge is 0.355 e. The van der Waals surface area contributed by atoms with E-state index in [2.05, 4.69) is 42.6 Å². The van der Waals surface area contributed by atoms with Crippen LogP contribution >= 0.6 is 11.6 Å². The first-order valence-electron chi connectivity index (χ1n) is 5.46.